The van der Waals surface area contributed by atoms with E-state index in [4.69, 9.17) is 10.5 Å². The van der Waals surface area contributed by atoms with Gasteiger partial charge in [-0.25, -0.2) is 8.42 Å². The normalized spacial score (nSPS) is 11.4. The Hall–Kier alpha value is -2.58. The van der Waals surface area contributed by atoms with E-state index in [-0.39, 0.29) is 10.5 Å². The predicted molar refractivity (Wildman–Crippen MR) is 102 cm³/mol. The number of carbonyl (C=O) groups is 1. The number of amides is 1. The largest absolute Gasteiger partial charge is 0.497 e. The molecule has 2 aromatic rings. The van der Waals surface area contributed by atoms with Crippen LogP contribution in [0.1, 0.15) is 24.2 Å². The Labute approximate surface area is 153 Å². The quantitative estimate of drug-likeness (QED) is 0.722. The molecule has 1 amide bonds. The van der Waals surface area contributed by atoms with Crippen LogP contribution in [0.5, 0.6) is 5.75 Å². The molecule has 0 radical (unpaired) electrons. The highest BCUT2D eigenvalue weighted by Gasteiger charge is 2.22. The van der Waals surface area contributed by atoms with E-state index in [2.05, 4.69) is 5.32 Å². The molecule has 0 aliphatic carbocycles. The van der Waals surface area contributed by atoms with Crippen LogP contribution in [0.4, 0.5) is 11.4 Å². The van der Waals surface area contributed by atoms with Crippen molar-refractivity contribution in [2.45, 2.75) is 18.7 Å². The van der Waals surface area contributed by atoms with Gasteiger partial charge in [0.15, 0.2) is 0 Å². The topological polar surface area (TPSA) is 102 Å². The SMILES string of the molecule is CCN(CC)S(=O)(=O)c1cccc(C(=O)Nc2cc(OC)ccc2N)c1. The standard InChI is InChI=1S/C18H23N3O4S/c1-4-21(5-2)26(23,24)15-8-6-7-13(11-15)18(22)20-17-12-14(25-3)9-10-16(17)19/h6-12H,4-5,19H2,1-3H3,(H,20,22). The zero-order chi connectivity index (χ0) is 19.3. The Morgan fingerprint density at radius 2 is 1.85 bits per heavy atom. The van der Waals surface area contributed by atoms with Gasteiger partial charge in [0.25, 0.3) is 5.91 Å². The summed E-state index contributed by atoms with van der Waals surface area (Å²) in [6, 6.07) is 10.8. The average molecular weight is 377 g/mol. The number of sulfonamides is 1. The fraction of sp³-hybridized carbons (Fsp3) is 0.278. The summed E-state index contributed by atoms with van der Waals surface area (Å²) >= 11 is 0. The minimum Gasteiger partial charge on any atom is -0.497 e. The second kappa shape index (κ2) is 8.20. The molecule has 0 bridgehead atoms. The highest BCUT2D eigenvalue weighted by atomic mass is 32.2. The molecule has 0 spiro atoms. The van der Waals surface area contributed by atoms with Gasteiger partial charge in [0.05, 0.1) is 23.4 Å². The predicted octanol–water partition coefficient (Wildman–Crippen LogP) is 2.56. The summed E-state index contributed by atoms with van der Waals surface area (Å²) in [5.74, 6) is 0.0916. The van der Waals surface area contributed by atoms with E-state index in [1.165, 1.54) is 23.5 Å². The molecule has 26 heavy (non-hydrogen) atoms. The molecule has 2 rings (SSSR count). The maximum absolute atomic E-state index is 12.6. The van der Waals surface area contributed by atoms with Crippen molar-refractivity contribution in [3.63, 3.8) is 0 Å². The molecule has 0 saturated heterocycles. The molecule has 0 saturated carbocycles. The molecule has 0 aliphatic heterocycles. The zero-order valence-electron chi connectivity index (χ0n) is 15.0. The van der Waals surface area contributed by atoms with Crippen LogP contribution in [-0.2, 0) is 10.0 Å². The molecule has 0 fully saturated rings. The van der Waals surface area contributed by atoms with Gasteiger partial charge in [0.2, 0.25) is 10.0 Å². The van der Waals surface area contributed by atoms with Gasteiger partial charge in [0, 0.05) is 24.7 Å². The van der Waals surface area contributed by atoms with Crippen molar-refractivity contribution in [1.82, 2.24) is 4.31 Å². The average Bonchev–Trinajstić information content (AvgIpc) is 2.64. The van der Waals surface area contributed by atoms with Crippen molar-refractivity contribution in [2.24, 2.45) is 0 Å². The lowest BCUT2D eigenvalue weighted by molar-refractivity contribution is 0.102. The summed E-state index contributed by atoms with van der Waals surface area (Å²) in [5.41, 5.74) is 6.87. The zero-order valence-corrected chi connectivity index (χ0v) is 15.8. The second-order valence-corrected chi connectivity index (χ2v) is 7.46. The van der Waals surface area contributed by atoms with Gasteiger partial charge in [-0.2, -0.15) is 4.31 Å². The van der Waals surface area contributed by atoms with Crippen LogP contribution in [0.3, 0.4) is 0 Å². The number of hydrogen-bond donors (Lipinski definition) is 2. The molecular weight excluding hydrogens is 354 g/mol. The van der Waals surface area contributed by atoms with E-state index in [9.17, 15) is 13.2 Å². The van der Waals surface area contributed by atoms with E-state index in [0.717, 1.165) is 0 Å². The van der Waals surface area contributed by atoms with Crippen molar-refractivity contribution in [2.75, 3.05) is 31.2 Å². The van der Waals surface area contributed by atoms with E-state index in [0.29, 0.717) is 30.2 Å². The van der Waals surface area contributed by atoms with Gasteiger partial charge in [-0.15, -0.1) is 0 Å². The summed E-state index contributed by atoms with van der Waals surface area (Å²) in [6.45, 7) is 4.25. The molecule has 0 heterocycles. The summed E-state index contributed by atoms with van der Waals surface area (Å²) in [4.78, 5) is 12.6. The number of methoxy groups -OCH3 is 1. The third-order valence-corrected chi connectivity index (χ3v) is 5.99. The lowest BCUT2D eigenvalue weighted by Crippen LogP contribution is -2.30. The van der Waals surface area contributed by atoms with Crippen LogP contribution in [0.15, 0.2) is 47.4 Å². The molecule has 3 N–H and O–H groups in total. The minimum absolute atomic E-state index is 0.0764. The lowest BCUT2D eigenvalue weighted by atomic mass is 10.2. The summed E-state index contributed by atoms with van der Waals surface area (Å²) in [7, 11) is -2.13. The Kier molecular flexibility index (Phi) is 6.23. The molecule has 0 aromatic heterocycles. The maximum atomic E-state index is 12.6. The Morgan fingerprint density at radius 1 is 1.15 bits per heavy atom. The van der Waals surface area contributed by atoms with Crippen LogP contribution < -0.4 is 15.8 Å². The summed E-state index contributed by atoms with van der Waals surface area (Å²) < 4.78 is 31.7. The number of ether oxygens (including phenoxy) is 1. The third-order valence-electron chi connectivity index (χ3n) is 3.95. The van der Waals surface area contributed by atoms with Crippen LogP contribution >= 0.6 is 0 Å². The fourth-order valence-corrected chi connectivity index (χ4v) is 3.98. The number of carbonyl (C=O) groups excluding carboxylic acids is 1. The first-order valence-corrected chi connectivity index (χ1v) is 9.62. The van der Waals surface area contributed by atoms with Gasteiger partial charge in [-0.3, -0.25) is 4.79 Å². The van der Waals surface area contributed by atoms with Crippen molar-refractivity contribution in [1.29, 1.82) is 0 Å². The number of nitrogens with one attached hydrogen (secondary N) is 1. The molecular formula is C18H23N3O4S. The number of nitrogens with two attached hydrogens (primary N) is 1. The number of hydrogen-bond acceptors (Lipinski definition) is 5. The van der Waals surface area contributed by atoms with E-state index < -0.39 is 15.9 Å². The van der Waals surface area contributed by atoms with Gasteiger partial charge < -0.3 is 15.8 Å². The lowest BCUT2D eigenvalue weighted by Gasteiger charge is -2.18. The highest BCUT2D eigenvalue weighted by Crippen LogP contribution is 2.25. The van der Waals surface area contributed by atoms with E-state index in [1.54, 1.807) is 44.2 Å². The van der Waals surface area contributed by atoms with Crippen LogP contribution in [0.25, 0.3) is 0 Å². The monoisotopic (exact) mass is 377 g/mol. The molecule has 0 atom stereocenters. The van der Waals surface area contributed by atoms with Crippen molar-refractivity contribution >= 4 is 27.3 Å². The van der Waals surface area contributed by atoms with Gasteiger partial charge in [0.1, 0.15) is 5.75 Å². The minimum atomic E-state index is -3.64. The summed E-state index contributed by atoms with van der Waals surface area (Å²) in [5, 5.41) is 2.68. The van der Waals surface area contributed by atoms with Crippen LogP contribution in [-0.4, -0.2) is 38.8 Å². The first-order chi connectivity index (χ1) is 12.3. The molecule has 2 aromatic carbocycles. The third kappa shape index (κ3) is 4.14. The molecule has 140 valence electrons. The molecule has 0 aliphatic rings. The Bertz CT molecular complexity index is 893. The van der Waals surface area contributed by atoms with Crippen LogP contribution in [0.2, 0.25) is 0 Å². The fourth-order valence-electron chi connectivity index (χ4n) is 2.48. The summed E-state index contributed by atoms with van der Waals surface area (Å²) in [6.07, 6.45) is 0. The molecule has 7 nitrogen and oxygen atoms in total. The van der Waals surface area contributed by atoms with Gasteiger partial charge in [-0.05, 0) is 30.3 Å². The number of benzene rings is 2. The molecule has 0 unspecified atom stereocenters. The van der Waals surface area contributed by atoms with Crippen molar-refractivity contribution < 1.29 is 17.9 Å². The van der Waals surface area contributed by atoms with Crippen LogP contribution in [0, 0.1) is 0 Å². The Morgan fingerprint density at radius 3 is 2.46 bits per heavy atom. The second-order valence-electron chi connectivity index (χ2n) is 5.52. The first kappa shape index (κ1) is 19.7. The number of anilines is 2. The molecule has 8 heteroatoms. The smallest absolute Gasteiger partial charge is 0.255 e. The van der Waals surface area contributed by atoms with Crippen molar-refractivity contribution in [3.05, 3.63) is 48.0 Å². The highest BCUT2D eigenvalue weighted by molar-refractivity contribution is 7.89. The van der Waals surface area contributed by atoms with Gasteiger partial charge >= 0.3 is 0 Å². The number of nitrogens with zero attached hydrogens (tertiary/aromatic N) is 1. The maximum Gasteiger partial charge on any atom is 0.255 e. The van der Waals surface area contributed by atoms with Gasteiger partial charge in [-0.1, -0.05) is 19.9 Å². The van der Waals surface area contributed by atoms with E-state index in [1.807, 2.05) is 0 Å². The Balaban J connectivity index is 2.32. The number of nitrogen functional groups attached to an aromatic ring is 1. The number of rotatable bonds is 7. The van der Waals surface area contributed by atoms with E-state index >= 15 is 0 Å². The van der Waals surface area contributed by atoms with Crippen molar-refractivity contribution in [3.8, 4) is 5.75 Å². The first-order valence-electron chi connectivity index (χ1n) is 8.18.